The fourth-order valence-corrected chi connectivity index (χ4v) is 3.48. The summed E-state index contributed by atoms with van der Waals surface area (Å²) in [7, 11) is 0. The van der Waals surface area contributed by atoms with E-state index in [2.05, 4.69) is 10.1 Å². The van der Waals surface area contributed by atoms with Crippen LogP contribution in [0.2, 0.25) is 0 Å². The van der Waals surface area contributed by atoms with E-state index >= 15 is 0 Å². The zero-order valence-electron chi connectivity index (χ0n) is 11.1. The van der Waals surface area contributed by atoms with Gasteiger partial charge in [0.05, 0.1) is 17.8 Å². The van der Waals surface area contributed by atoms with Crippen molar-refractivity contribution >= 4 is 29.3 Å². The van der Waals surface area contributed by atoms with Gasteiger partial charge in [0.25, 0.3) is 11.8 Å². The first-order valence-electron chi connectivity index (χ1n) is 6.42. The Hall–Kier alpha value is -1.74. The number of amides is 2. The number of hydrogen-bond donors (Lipinski definition) is 1. The second-order valence-corrected chi connectivity index (χ2v) is 5.94. The summed E-state index contributed by atoms with van der Waals surface area (Å²) in [5.74, 6) is -0.0547. The Morgan fingerprint density at radius 3 is 2.14 bits per heavy atom. The molecule has 0 aliphatic carbocycles. The summed E-state index contributed by atoms with van der Waals surface area (Å²) >= 11 is 1.52. The smallest absolute Gasteiger partial charge is 0.406 e. The highest BCUT2D eigenvalue weighted by Crippen LogP contribution is 2.29. The van der Waals surface area contributed by atoms with Crippen molar-refractivity contribution < 1.29 is 27.5 Å². The van der Waals surface area contributed by atoms with E-state index in [0.29, 0.717) is 11.5 Å². The van der Waals surface area contributed by atoms with Crippen LogP contribution in [0, 0.1) is 0 Å². The van der Waals surface area contributed by atoms with Crippen molar-refractivity contribution in [2.45, 2.75) is 18.4 Å². The van der Waals surface area contributed by atoms with Crippen LogP contribution in [-0.2, 0) is 9.59 Å². The molecule has 0 aromatic heterocycles. The first-order valence-corrected chi connectivity index (χ1v) is 7.58. The van der Waals surface area contributed by atoms with E-state index in [9.17, 15) is 22.8 Å². The van der Waals surface area contributed by atoms with Crippen molar-refractivity contribution in [2.75, 3.05) is 16.4 Å². The highest BCUT2D eigenvalue weighted by atomic mass is 32.2. The molecule has 2 bridgehead atoms. The lowest BCUT2D eigenvalue weighted by Gasteiger charge is -2.39. The van der Waals surface area contributed by atoms with Crippen LogP contribution in [0.1, 0.15) is 0 Å². The van der Waals surface area contributed by atoms with E-state index < -0.39 is 36.0 Å². The lowest BCUT2D eigenvalue weighted by atomic mass is 10.1. The molecule has 0 radical (unpaired) electrons. The number of carbonyl (C=O) groups is 2. The van der Waals surface area contributed by atoms with Gasteiger partial charge in [-0.2, -0.15) is 11.8 Å². The van der Waals surface area contributed by atoms with Crippen LogP contribution in [0.3, 0.4) is 0 Å². The third-order valence-corrected chi connectivity index (χ3v) is 4.47. The standard InChI is InChI=1S/C13H11F3N2O3S/c14-13(15,16)21-8-3-1-7(2-4-8)18-11(19)9-5-22-6-10(17-9)12(18)20/h1-4,9-10,17H,5-6H2. The quantitative estimate of drug-likeness (QED) is 0.833. The Balaban J connectivity index is 1.83. The third kappa shape index (κ3) is 2.91. The van der Waals surface area contributed by atoms with E-state index in [-0.39, 0.29) is 5.69 Å². The third-order valence-electron chi connectivity index (χ3n) is 3.34. The number of piperazine rings is 1. The van der Waals surface area contributed by atoms with E-state index in [1.165, 1.54) is 23.9 Å². The monoisotopic (exact) mass is 332 g/mol. The Bertz CT molecular complexity index is 584. The molecule has 1 N–H and O–H groups in total. The molecule has 2 fully saturated rings. The maximum Gasteiger partial charge on any atom is 0.573 e. The van der Waals surface area contributed by atoms with Crippen molar-refractivity contribution in [1.29, 1.82) is 0 Å². The molecule has 2 atom stereocenters. The fourth-order valence-electron chi connectivity index (χ4n) is 2.40. The Morgan fingerprint density at radius 2 is 1.64 bits per heavy atom. The lowest BCUT2D eigenvalue weighted by Crippen LogP contribution is -2.67. The first-order chi connectivity index (χ1) is 10.3. The molecule has 2 saturated heterocycles. The number of alkyl halides is 3. The highest BCUT2D eigenvalue weighted by Gasteiger charge is 2.43. The SMILES string of the molecule is O=C1C2CSCC(N2)C(=O)N1c1ccc(OC(F)(F)F)cc1. The number of halogens is 3. The van der Waals surface area contributed by atoms with Crippen LogP contribution in [0.5, 0.6) is 5.75 Å². The molecule has 0 saturated carbocycles. The van der Waals surface area contributed by atoms with Gasteiger partial charge < -0.3 is 4.74 Å². The van der Waals surface area contributed by atoms with Gasteiger partial charge in [0, 0.05) is 11.5 Å². The van der Waals surface area contributed by atoms with E-state index in [1.807, 2.05) is 0 Å². The van der Waals surface area contributed by atoms with E-state index in [1.54, 1.807) is 0 Å². The number of fused-ring (bicyclic) bond motifs is 2. The highest BCUT2D eigenvalue weighted by molar-refractivity contribution is 7.99. The molecule has 3 rings (SSSR count). The summed E-state index contributed by atoms with van der Waals surface area (Å²) in [5, 5.41) is 2.96. The Morgan fingerprint density at radius 1 is 1.09 bits per heavy atom. The van der Waals surface area contributed by atoms with Gasteiger partial charge in [-0.15, -0.1) is 13.2 Å². The molecule has 5 nitrogen and oxygen atoms in total. The largest absolute Gasteiger partial charge is 0.573 e. The van der Waals surface area contributed by atoms with Crippen LogP contribution in [0.4, 0.5) is 18.9 Å². The number of rotatable bonds is 2. The van der Waals surface area contributed by atoms with E-state index in [0.717, 1.165) is 17.0 Å². The predicted molar refractivity (Wildman–Crippen MR) is 73.7 cm³/mol. The van der Waals surface area contributed by atoms with Gasteiger partial charge in [0.1, 0.15) is 5.75 Å². The van der Waals surface area contributed by atoms with Crippen molar-refractivity contribution in [3.8, 4) is 5.75 Å². The minimum Gasteiger partial charge on any atom is -0.406 e. The molecule has 2 aliphatic rings. The molecule has 2 amide bonds. The van der Waals surface area contributed by atoms with Crippen molar-refractivity contribution in [3.63, 3.8) is 0 Å². The molecular formula is C13H11F3N2O3S. The average molecular weight is 332 g/mol. The Labute approximate surface area is 127 Å². The van der Waals surface area contributed by atoms with E-state index in [4.69, 9.17) is 0 Å². The van der Waals surface area contributed by atoms with Gasteiger partial charge in [-0.25, -0.2) is 4.90 Å². The van der Waals surface area contributed by atoms with Crippen molar-refractivity contribution in [2.24, 2.45) is 0 Å². The van der Waals surface area contributed by atoms with Gasteiger partial charge in [0.2, 0.25) is 0 Å². The molecule has 0 spiro atoms. The maximum atomic E-state index is 12.3. The second-order valence-electron chi connectivity index (χ2n) is 4.86. The fraction of sp³-hybridized carbons (Fsp3) is 0.385. The number of hydrogen-bond acceptors (Lipinski definition) is 5. The average Bonchev–Trinajstić information content (AvgIpc) is 2.46. The lowest BCUT2D eigenvalue weighted by molar-refractivity contribution is -0.274. The number of nitrogens with one attached hydrogen (secondary N) is 1. The summed E-state index contributed by atoms with van der Waals surface area (Å²) in [6.45, 7) is 0. The number of imide groups is 1. The molecule has 1 aromatic rings. The Kier molecular flexibility index (Phi) is 3.77. The molecule has 22 heavy (non-hydrogen) atoms. The summed E-state index contributed by atoms with van der Waals surface area (Å²) in [4.78, 5) is 25.6. The molecule has 2 aliphatic heterocycles. The molecular weight excluding hydrogens is 321 g/mol. The number of anilines is 1. The number of thioether (sulfide) groups is 1. The zero-order valence-corrected chi connectivity index (χ0v) is 11.9. The minimum absolute atomic E-state index is 0.243. The predicted octanol–water partition coefficient (Wildman–Crippen LogP) is 1.53. The molecule has 9 heteroatoms. The van der Waals surface area contributed by atoms with Gasteiger partial charge >= 0.3 is 6.36 Å². The van der Waals surface area contributed by atoms with Crippen LogP contribution in [-0.4, -0.2) is 41.8 Å². The maximum absolute atomic E-state index is 12.3. The zero-order chi connectivity index (χ0) is 15.9. The van der Waals surface area contributed by atoms with Crippen molar-refractivity contribution in [3.05, 3.63) is 24.3 Å². The van der Waals surface area contributed by atoms with Gasteiger partial charge in [-0.05, 0) is 24.3 Å². The summed E-state index contributed by atoms with van der Waals surface area (Å²) in [6, 6.07) is 3.79. The topological polar surface area (TPSA) is 58.6 Å². The first kappa shape index (κ1) is 15.2. The van der Waals surface area contributed by atoms with Crippen LogP contribution in [0.25, 0.3) is 0 Å². The summed E-state index contributed by atoms with van der Waals surface area (Å²) in [5.41, 5.74) is 0.243. The molecule has 1 aromatic carbocycles. The normalized spacial score (nSPS) is 25.3. The second kappa shape index (κ2) is 5.47. The number of carbonyl (C=O) groups excluding carboxylic acids is 2. The number of nitrogens with zero attached hydrogens (tertiary/aromatic N) is 1. The summed E-state index contributed by atoms with van der Waals surface area (Å²) < 4.78 is 40.1. The minimum atomic E-state index is -4.78. The summed E-state index contributed by atoms with van der Waals surface area (Å²) in [6.07, 6.45) is -4.78. The molecule has 2 unspecified atom stereocenters. The van der Waals surface area contributed by atoms with Gasteiger partial charge in [-0.3, -0.25) is 14.9 Å². The van der Waals surface area contributed by atoms with Crippen LogP contribution >= 0.6 is 11.8 Å². The molecule has 2 heterocycles. The van der Waals surface area contributed by atoms with Crippen molar-refractivity contribution in [1.82, 2.24) is 5.32 Å². The number of ether oxygens (including phenoxy) is 1. The number of benzene rings is 1. The van der Waals surface area contributed by atoms with Gasteiger partial charge in [0.15, 0.2) is 0 Å². The van der Waals surface area contributed by atoms with Gasteiger partial charge in [-0.1, -0.05) is 0 Å². The van der Waals surface area contributed by atoms with Crippen LogP contribution < -0.4 is 15.0 Å². The van der Waals surface area contributed by atoms with Crippen LogP contribution in [0.15, 0.2) is 24.3 Å². The molecule has 118 valence electrons.